The summed E-state index contributed by atoms with van der Waals surface area (Å²) in [6, 6.07) is 0. The van der Waals surface area contributed by atoms with Crippen LogP contribution in [0, 0.1) is 0 Å². The van der Waals surface area contributed by atoms with E-state index in [1.807, 2.05) is 13.8 Å². The zero-order chi connectivity index (χ0) is 7.56. The van der Waals surface area contributed by atoms with E-state index < -0.39 is 0 Å². The van der Waals surface area contributed by atoms with E-state index >= 15 is 0 Å². The van der Waals surface area contributed by atoms with E-state index in [0.29, 0.717) is 11.7 Å². The van der Waals surface area contributed by atoms with Gasteiger partial charge >= 0.3 is 0 Å². The highest BCUT2D eigenvalue weighted by Crippen LogP contribution is 2.16. The molecule has 0 aliphatic rings. The standard InChI is InChI=1S/C6H10N4/c1-4(2)5-3-8-10-9-6(5)7/h3-4H,1-2H3,(H2,7,8,9). The SMILES string of the molecule is CC(C)c1cnnnc1N. The molecule has 0 saturated carbocycles. The highest BCUT2D eigenvalue weighted by molar-refractivity contribution is 5.37. The molecule has 0 amide bonds. The first-order chi connectivity index (χ1) is 4.72. The van der Waals surface area contributed by atoms with Crippen LogP contribution in [0.4, 0.5) is 5.82 Å². The van der Waals surface area contributed by atoms with Crippen molar-refractivity contribution >= 4 is 5.82 Å². The zero-order valence-corrected chi connectivity index (χ0v) is 6.07. The number of nitrogen functional groups attached to an aromatic ring is 1. The summed E-state index contributed by atoms with van der Waals surface area (Å²) in [6.07, 6.45) is 1.65. The van der Waals surface area contributed by atoms with Gasteiger partial charge in [-0.3, -0.25) is 0 Å². The Bertz CT molecular complexity index is 221. The molecule has 1 aromatic rings. The second-order valence-corrected chi connectivity index (χ2v) is 2.43. The number of anilines is 1. The van der Waals surface area contributed by atoms with Crippen LogP contribution < -0.4 is 5.73 Å². The summed E-state index contributed by atoms with van der Waals surface area (Å²) in [7, 11) is 0. The number of hydrogen-bond acceptors (Lipinski definition) is 4. The predicted molar refractivity (Wildman–Crippen MR) is 38.3 cm³/mol. The summed E-state index contributed by atoms with van der Waals surface area (Å²) in [4.78, 5) is 0. The van der Waals surface area contributed by atoms with Crippen molar-refractivity contribution in [2.75, 3.05) is 5.73 Å². The minimum absolute atomic E-state index is 0.364. The van der Waals surface area contributed by atoms with Gasteiger partial charge in [0.15, 0.2) is 5.82 Å². The quantitative estimate of drug-likeness (QED) is 0.616. The lowest BCUT2D eigenvalue weighted by Gasteiger charge is -2.03. The molecule has 4 nitrogen and oxygen atoms in total. The lowest BCUT2D eigenvalue weighted by atomic mass is 10.1. The van der Waals surface area contributed by atoms with Crippen LogP contribution >= 0.6 is 0 Å². The Morgan fingerprint density at radius 2 is 2.20 bits per heavy atom. The van der Waals surface area contributed by atoms with E-state index in [0.717, 1.165) is 5.56 Å². The minimum Gasteiger partial charge on any atom is -0.382 e. The van der Waals surface area contributed by atoms with Gasteiger partial charge in [-0.25, -0.2) is 0 Å². The molecule has 1 heterocycles. The third kappa shape index (κ3) is 1.21. The Balaban J connectivity index is 3.03. The van der Waals surface area contributed by atoms with E-state index in [1.54, 1.807) is 6.20 Å². The normalized spacial score (nSPS) is 10.3. The van der Waals surface area contributed by atoms with Gasteiger partial charge < -0.3 is 5.73 Å². The Kier molecular flexibility index (Phi) is 1.80. The third-order valence-corrected chi connectivity index (χ3v) is 1.32. The molecule has 0 radical (unpaired) electrons. The van der Waals surface area contributed by atoms with Crippen LogP contribution in [0.15, 0.2) is 6.20 Å². The molecular weight excluding hydrogens is 128 g/mol. The number of nitrogens with two attached hydrogens (primary N) is 1. The van der Waals surface area contributed by atoms with E-state index in [1.165, 1.54) is 0 Å². The molecule has 0 aromatic carbocycles. The first-order valence-corrected chi connectivity index (χ1v) is 3.15. The van der Waals surface area contributed by atoms with Crippen LogP contribution in [-0.2, 0) is 0 Å². The van der Waals surface area contributed by atoms with Crippen LogP contribution in [0.25, 0.3) is 0 Å². The number of rotatable bonds is 1. The average molecular weight is 138 g/mol. The van der Waals surface area contributed by atoms with Crippen molar-refractivity contribution in [2.24, 2.45) is 0 Å². The lowest BCUT2D eigenvalue weighted by Crippen LogP contribution is -2.02. The zero-order valence-electron chi connectivity index (χ0n) is 6.07. The van der Waals surface area contributed by atoms with Gasteiger partial charge in [0.05, 0.1) is 6.20 Å². The summed E-state index contributed by atoms with van der Waals surface area (Å²) >= 11 is 0. The Morgan fingerprint density at radius 3 is 2.60 bits per heavy atom. The fourth-order valence-corrected chi connectivity index (χ4v) is 0.731. The molecule has 2 N–H and O–H groups in total. The van der Waals surface area contributed by atoms with Crippen LogP contribution in [0.3, 0.4) is 0 Å². The van der Waals surface area contributed by atoms with Crippen molar-refractivity contribution in [3.63, 3.8) is 0 Å². The Morgan fingerprint density at radius 1 is 1.50 bits per heavy atom. The average Bonchev–Trinajstić information content (AvgIpc) is 1.88. The molecule has 10 heavy (non-hydrogen) atoms. The molecule has 0 spiro atoms. The topological polar surface area (TPSA) is 64.7 Å². The van der Waals surface area contributed by atoms with Gasteiger partial charge in [-0.1, -0.05) is 13.8 Å². The van der Waals surface area contributed by atoms with Crippen LogP contribution in [0.5, 0.6) is 0 Å². The molecular formula is C6H10N4. The van der Waals surface area contributed by atoms with Crippen molar-refractivity contribution in [3.8, 4) is 0 Å². The summed E-state index contributed by atoms with van der Waals surface area (Å²) in [6.45, 7) is 4.07. The van der Waals surface area contributed by atoms with Gasteiger partial charge in [0, 0.05) is 5.56 Å². The molecule has 0 fully saturated rings. The fraction of sp³-hybridized carbons (Fsp3) is 0.500. The Labute approximate surface area is 59.5 Å². The van der Waals surface area contributed by atoms with Crippen molar-refractivity contribution in [2.45, 2.75) is 19.8 Å². The van der Waals surface area contributed by atoms with Crippen LogP contribution in [0.1, 0.15) is 25.3 Å². The molecule has 0 unspecified atom stereocenters. The van der Waals surface area contributed by atoms with Crippen molar-refractivity contribution in [1.82, 2.24) is 15.4 Å². The second kappa shape index (κ2) is 2.60. The number of nitrogens with zero attached hydrogens (tertiary/aromatic N) is 3. The van der Waals surface area contributed by atoms with Gasteiger partial charge in [0.1, 0.15) is 0 Å². The fourth-order valence-electron chi connectivity index (χ4n) is 0.731. The predicted octanol–water partition coefficient (Wildman–Crippen LogP) is 0.577. The maximum Gasteiger partial charge on any atom is 0.152 e. The molecule has 1 aromatic heterocycles. The van der Waals surface area contributed by atoms with Crippen LogP contribution in [0.2, 0.25) is 0 Å². The van der Waals surface area contributed by atoms with Gasteiger partial charge in [-0.2, -0.15) is 0 Å². The largest absolute Gasteiger partial charge is 0.382 e. The van der Waals surface area contributed by atoms with E-state index in [9.17, 15) is 0 Å². The number of hydrogen-bond donors (Lipinski definition) is 1. The number of aromatic nitrogens is 3. The maximum atomic E-state index is 5.51. The van der Waals surface area contributed by atoms with Gasteiger partial charge in [0.25, 0.3) is 0 Å². The molecule has 0 bridgehead atoms. The first kappa shape index (κ1) is 6.92. The Hall–Kier alpha value is -1.19. The monoisotopic (exact) mass is 138 g/mol. The van der Waals surface area contributed by atoms with Crippen molar-refractivity contribution in [3.05, 3.63) is 11.8 Å². The van der Waals surface area contributed by atoms with Gasteiger partial charge in [-0.15, -0.1) is 10.2 Å². The molecule has 0 saturated heterocycles. The van der Waals surface area contributed by atoms with Gasteiger partial charge in [0.2, 0.25) is 0 Å². The minimum atomic E-state index is 0.364. The molecule has 0 aliphatic carbocycles. The highest BCUT2D eigenvalue weighted by Gasteiger charge is 2.03. The lowest BCUT2D eigenvalue weighted by molar-refractivity contribution is 0.795. The third-order valence-electron chi connectivity index (χ3n) is 1.32. The molecule has 0 aliphatic heterocycles. The summed E-state index contributed by atoms with van der Waals surface area (Å²) in [5.41, 5.74) is 6.46. The molecule has 4 heteroatoms. The maximum absolute atomic E-state index is 5.51. The smallest absolute Gasteiger partial charge is 0.152 e. The summed E-state index contributed by atoms with van der Waals surface area (Å²) < 4.78 is 0. The molecule has 1 rings (SSSR count). The summed E-state index contributed by atoms with van der Waals surface area (Å²) in [5, 5.41) is 10.6. The van der Waals surface area contributed by atoms with Crippen molar-refractivity contribution < 1.29 is 0 Å². The first-order valence-electron chi connectivity index (χ1n) is 3.15. The summed E-state index contributed by atoms with van der Waals surface area (Å²) in [5.74, 6) is 0.841. The van der Waals surface area contributed by atoms with Gasteiger partial charge in [-0.05, 0) is 11.1 Å². The van der Waals surface area contributed by atoms with Crippen LogP contribution in [-0.4, -0.2) is 15.4 Å². The van der Waals surface area contributed by atoms with E-state index in [4.69, 9.17) is 5.73 Å². The van der Waals surface area contributed by atoms with E-state index in [-0.39, 0.29) is 0 Å². The second-order valence-electron chi connectivity index (χ2n) is 2.43. The molecule has 0 atom stereocenters. The van der Waals surface area contributed by atoms with E-state index in [2.05, 4.69) is 15.4 Å². The highest BCUT2D eigenvalue weighted by atomic mass is 15.3. The molecule has 54 valence electrons. The van der Waals surface area contributed by atoms with Crippen molar-refractivity contribution in [1.29, 1.82) is 0 Å².